The van der Waals surface area contributed by atoms with E-state index < -0.39 is 23.2 Å². The monoisotopic (exact) mass is 489 g/mol. The molecular weight excluding hydrogens is 472 g/mol. The number of amides is 3. The quantitative estimate of drug-likeness (QED) is 0.592. The van der Waals surface area contributed by atoms with Gasteiger partial charge in [0.1, 0.15) is 31.2 Å². The molecule has 3 aromatic rings. The number of ether oxygens (including phenoxy) is 1. The summed E-state index contributed by atoms with van der Waals surface area (Å²) >= 11 is 6.12. The van der Waals surface area contributed by atoms with Crippen LogP contribution in [-0.4, -0.2) is 28.2 Å². The normalized spacial score (nSPS) is 12.6. The van der Waals surface area contributed by atoms with Crippen LogP contribution in [0.3, 0.4) is 0 Å². The van der Waals surface area contributed by atoms with Gasteiger partial charge in [0.2, 0.25) is 11.8 Å². The number of carbonyl (C=O) groups excluding carboxylic acids is 2. The Morgan fingerprint density at radius 2 is 1.91 bits per heavy atom. The van der Waals surface area contributed by atoms with Gasteiger partial charge >= 0.3 is 6.03 Å². The number of hydrogen-bond donors (Lipinski definition) is 1. The van der Waals surface area contributed by atoms with Crippen molar-refractivity contribution in [3.63, 3.8) is 0 Å². The summed E-state index contributed by atoms with van der Waals surface area (Å²) in [6, 6.07) is 7.31. The van der Waals surface area contributed by atoms with E-state index in [1.807, 2.05) is 0 Å². The van der Waals surface area contributed by atoms with Crippen molar-refractivity contribution in [2.75, 3.05) is 16.5 Å². The third kappa shape index (κ3) is 4.42. The van der Waals surface area contributed by atoms with E-state index in [1.54, 1.807) is 18.2 Å². The van der Waals surface area contributed by atoms with Crippen LogP contribution in [0.4, 0.5) is 25.0 Å². The number of nitrogens with two attached hydrogens (primary N) is 1. The molecule has 0 fully saturated rings. The Hall–Kier alpha value is -3.99. The molecule has 9 nitrogen and oxygen atoms in total. The highest BCUT2D eigenvalue weighted by Gasteiger charge is 2.31. The third-order valence-electron chi connectivity index (χ3n) is 5.23. The molecule has 12 heteroatoms. The minimum atomic E-state index is -0.796. The first-order valence-electron chi connectivity index (χ1n) is 9.95. The lowest BCUT2D eigenvalue weighted by Crippen LogP contribution is -2.40. The number of fused-ring (bicyclic) bond motifs is 1. The lowest BCUT2D eigenvalue weighted by atomic mass is 10.1. The number of urea groups is 1. The molecule has 0 spiro atoms. The molecule has 0 radical (unpaired) electrons. The molecule has 0 atom stereocenters. The van der Waals surface area contributed by atoms with Gasteiger partial charge in [0.15, 0.2) is 5.02 Å². The van der Waals surface area contributed by atoms with Crippen LogP contribution in [0.1, 0.15) is 18.1 Å². The molecule has 0 bridgehead atoms. The number of primary amides is 1. The predicted octanol–water partition coefficient (Wildman–Crippen LogP) is 3.01. The molecule has 2 heterocycles. The van der Waals surface area contributed by atoms with Gasteiger partial charge in [0.05, 0.1) is 17.9 Å². The first-order valence-corrected chi connectivity index (χ1v) is 10.3. The number of anilines is 2. The Bertz CT molecular complexity index is 1360. The summed E-state index contributed by atoms with van der Waals surface area (Å²) in [5.74, 6) is -1.99. The van der Waals surface area contributed by atoms with Crippen molar-refractivity contribution in [3.05, 3.63) is 80.9 Å². The molecule has 2 aromatic carbocycles. The molecule has 4 rings (SSSR count). The number of rotatable bonds is 5. The largest absolute Gasteiger partial charge is 0.471 e. The maximum absolute atomic E-state index is 13.8. The molecule has 3 amide bonds. The van der Waals surface area contributed by atoms with E-state index in [0.717, 1.165) is 12.1 Å². The summed E-state index contributed by atoms with van der Waals surface area (Å²) < 4.78 is 33.4. The number of benzene rings is 2. The lowest BCUT2D eigenvalue weighted by molar-refractivity contribution is -0.116. The highest BCUT2D eigenvalue weighted by Crippen LogP contribution is 2.36. The average Bonchev–Trinajstić information content (AvgIpc) is 3.17. The summed E-state index contributed by atoms with van der Waals surface area (Å²) in [5.41, 5.74) is 6.46. The number of carbonyl (C=O) groups is 2. The Morgan fingerprint density at radius 1 is 1.15 bits per heavy atom. The summed E-state index contributed by atoms with van der Waals surface area (Å²) in [4.78, 5) is 43.1. The maximum Gasteiger partial charge on any atom is 0.320 e. The first kappa shape index (κ1) is 23.2. The van der Waals surface area contributed by atoms with Crippen LogP contribution >= 0.6 is 11.6 Å². The maximum atomic E-state index is 13.8. The summed E-state index contributed by atoms with van der Waals surface area (Å²) in [6.45, 7) is 1.13. The zero-order valence-electron chi connectivity index (χ0n) is 17.8. The van der Waals surface area contributed by atoms with Crippen molar-refractivity contribution >= 4 is 34.9 Å². The fraction of sp³-hybridized carbons (Fsp3) is 0.182. The minimum Gasteiger partial charge on any atom is -0.471 e. The molecule has 1 aliphatic heterocycles. The smallest absolute Gasteiger partial charge is 0.320 e. The van der Waals surface area contributed by atoms with Crippen molar-refractivity contribution in [1.29, 1.82) is 0 Å². The van der Waals surface area contributed by atoms with Gasteiger partial charge in [-0.25, -0.2) is 18.6 Å². The SMILES string of the molecule is CC(=O)N1CN(C(N)=O)c2ccc(Cn3cnc(OCc4ccc(F)cc4F)c(Cl)c3=O)cc21. The highest BCUT2D eigenvalue weighted by atomic mass is 35.5. The van der Waals surface area contributed by atoms with Crippen LogP contribution in [0, 0.1) is 11.6 Å². The lowest BCUT2D eigenvalue weighted by Gasteiger charge is -2.15. The fourth-order valence-corrected chi connectivity index (χ4v) is 3.72. The van der Waals surface area contributed by atoms with Gasteiger partial charge in [0, 0.05) is 18.6 Å². The van der Waals surface area contributed by atoms with E-state index in [1.165, 1.54) is 33.7 Å². The van der Waals surface area contributed by atoms with Crippen LogP contribution in [0.2, 0.25) is 5.02 Å². The van der Waals surface area contributed by atoms with Gasteiger partial charge in [-0.05, 0) is 29.8 Å². The molecule has 1 aliphatic rings. The molecule has 0 unspecified atom stereocenters. The van der Waals surface area contributed by atoms with Gasteiger partial charge in [-0.2, -0.15) is 0 Å². The predicted molar refractivity (Wildman–Crippen MR) is 120 cm³/mol. The minimum absolute atomic E-state index is 0.00251. The molecule has 176 valence electrons. The van der Waals surface area contributed by atoms with E-state index >= 15 is 0 Å². The van der Waals surface area contributed by atoms with Crippen molar-refractivity contribution in [2.24, 2.45) is 5.73 Å². The zero-order valence-corrected chi connectivity index (χ0v) is 18.6. The van der Waals surface area contributed by atoms with Crippen LogP contribution in [0.5, 0.6) is 5.88 Å². The molecule has 1 aromatic heterocycles. The van der Waals surface area contributed by atoms with Crippen molar-refractivity contribution in [3.8, 4) is 5.88 Å². The van der Waals surface area contributed by atoms with Crippen LogP contribution in [-0.2, 0) is 17.9 Å². The molecule has 2 N–H and O–H groups in total. The fourth-order valence-electron chi connectivity index (χ4n) is 3.51. The second-order valence-corrected chi connectivity index (χ2v) is 7.88. The van der Waals surface area contributed by atoms with Crippen LogP contribution < -0.4 is 25.8 Å². The van der Waals surface area contributed by atoms with Crippen molar-refractivity contribution in [2.45, 2.75) is 20.1 Å². The molecule has 0 aliphatic carbocycles. The van der Waals surface area contributed by atoms with Crippen molar-refractivity contribution < 1.29 is 23.1 Å². The molecule has 34 heavy (non-hydrogen) atoms. The Kier molecular flexibility index (Phi) is 6.20. The summed E-state index contributed by atoms with van der Waals surface area (Å²) in [5, 5.41) is -0.309. The van der Waals surface area contributed by atoms with Crippen LogP contribution in [0.25, 0.3) is 0 Å². The van der Waals surface area contributed by atoms with Gasteiger partial charge < -0.3 is 10.5 Å². The van der Waals surface area contributed by atoms with E-state index in [2.05, 4.69) is 4.98 Å². The van der Waals surface area contributed by atoms with Gasteiger partial charge in [-0.3, -0.25) is 24.0 Å². The zero-order chi connectivity index (χ0) is 24.6. The molecule has 0 saturated heterocycles. The molecular formula is C22H18ClF2N5O4. The Balaban J connectivity index is 1.55. The second-order valence-electron chi connectivity index (χ2n) is 7.50. The van der Waals surface area contributed by atoms with Crippen LogP contribution in [0.15, 0.2) is 47.5 Å². The summed E-state index contributed by atoms with van der Waals surface area (Å²) in [7, 11) is 0. The van der Waals surface area contributed by atoms with E-state index in [-0.39, 0.29) is 42.2 Å². The van der Waals surface area contributed by atoms with E-state index in [9.17, 15) is 23.2 Å². The third-order valence-corrected chi connectivity index (χ3v) is 5.56. The Morgan fingerprint density at radius 3 is 2.59 bits per heavy atom. The van der Waals surface area contributed by atoms with Crippen molar-refractivity contribution in [1.82, 2.24) is 9.55 Å². The number of nitrogens with zero attached hydrogens (tertiary/aromatic N) is 4. The number of halogens is 3. The van der Waals surface area contributed by atoms with E-state index in [0.29, 0.717) is 16.9 Å². The summed E-state index contributed by atoms with van der Waals surface area (Å²) in [6.07, 6.45) is 1.22. The number of aromatic nitrogens is 2. The average molecular weight is 490 g/mol. The standard InChI is InChI=1S/C22H18ClF2N5O4/c1-12(31)29-11-30(22(26)33)17-5-2-13(6-18(17)29)8-28-10-27-20(19(23)21(28)32)34-9-14-3-4-15(24)7-16(14)25/h2-7,10H,8-9,11H2,1H3,(H2,26,33). The first-order chi connectivity index (χ1) is 16.2. The highest BCUT2D eigenvalue weighted by molar-refractivity contribution is 6.31. The van der Waals surface area contributed by atoms with Gasteiger partial charge in [-0.1, -0.05) is 17.7 Å². The topological polar surface area (TPSA) is 111 Å². The number of hydrogen-bond acceptors (Lipinski definition) is 5. The van der Waals surface area contributed by atoms with E-state index in [4.69, 9.17) is 22.1 Å². The Labute approximate surface area is 196 Å². The second kappa shape index (κ2) is 9.10. The molecule has 0 saturated carbocycles. The van der Waals surface area contributed by atoms with Gasteiger partial charge in [0.25, 0.3) is 5.56 Å². The van der Waals surface area contributed by atoms with Gasteiger partial charge in [-0.15, -0.1) is 0 Å².